The highest BCUT2D eigenvalue weighted by Gasteiger charge is 2.09. The fourth-order valence-electron chi connectivity index (χ4n) is 2.09. The highest BCUT2D eigenvalue weighted by atomic mass is 32.2. The number of anilines is 2. The molecule has 0 radical (unpaired) electrons. The maximum atomic E-state index is 12.3. The Morgan fingerprint density at radius 1 is 1.00 bits per heavy atom. The maximum absolute atomic E-state index is 12.3. The van der Waals surface area contributed by atoms with Crippen LogP contribution in [0.5, 0.6) is 0 Å². The second-order valence-corrected chi connectivity index (χ2v) is 7.43. The van der Waals surface area contributed by atoms with E-state index in [1.807, 2.05) is 24.3 Å². The third kappa shape index (κ3) is 5.10. The zero-order valence-electron chi connectivity index (χ0n) is 13.3. The predicted octanol–water partition coefficient (Wildman–Crippen LogP) is 3.43. The molecule has 2 aromatic carbocycles. The van der Waals surface area contributed by atoms with Crippen molar-refractivity contribution >= 4 is 27.3 Å². The van der Waals surface area contributed by atoms with E-state index < -0.39 is 10.0 Å². The van der Waals surface area contributed by atoms with Gasteiger partial charge in [0.1, 0.15) is 0 Å². The monoisotopic (exact) mass is 332 g/mol. The third-order valence-electron chi connectivity index (χ3n) is 3.26. The molecule has 0 saturated heterocycles. The van der Waals surface area contributed by atoms with Crippen LogP contribution < -0.4 is 10.0 Å². The molecule has 1 amide bonds. The Labute approximate surface area is 136 Å². The van der Waals surface area contributed by atoms with E-state index in [2.05, 4.69) is 23.9 Å². The third-order valence-corrected chi connectivity index (χ3v) is 3.87. The standard InChI is InChI=1S/C17H20N2O3S/c1-12(2)13-7-9-15(10-8-13)18-17(20)14-5-4-6-16(11-14)19-23(3,21)22/h4-12,19H,1-3H3,(H,18,20). The molecule has 2 aromatic rings. The quantitative estimate of drug-likeness (QED) is 0.881. The first-order valence-electron chi connectivity index (χ1n) is 7.24. The van der Waals surface area contributed by atoms with Gasteiger partial charge >= 0.3 is 0 Å². The molecule has 122 valence electrons. The van der Waals surface area contributed by atoms with Gasteiger partial charge in [0.15, 0.2) is 0 Å². The van der Waals surface area contributed by atoms with E-state index in [1.165, 1.54) is 11.6 Å². The molecule has 0 fully saturated rings. The van der Waals surface area contributed by atoms with E-state index in [0.29, 0.717) is 22.9 Å². The fraction of sp³-hybridized carbons (Fsp3) is 0.235. The van der Waals surface area contributed by atoms with Gasteiger partial charge in [-0.3, -0.25) is 9.52 Å². The summed E-state index contributed by atoms with van der Waals surface area (Å²) in [5.74, 6) is 0.137. The van der Waals surface area contributed by atoms with Gasteiger partial charge < -0.3 is 5.32 Å². The molecule has 0 aliphatic rings. The number of nitrogens with one attached hydrogen (secondary N) is 2. The van der Waals surface area contributed by atoms with Gasteiger partial charge in [-0.05, 0) is 41.8 Å². The van der Waals surface area contributed by atoms with E-state index in [4.69, 9.17) is 0 Å². The molecule has 2 N–H and O–H groups in total. The molecule has 0 aromatic heterocycles. The largest absolute Gasteiger partial charge is 0.322 e. The lowest BCUT2D eigenvalue weighted by Gasteiger charge is -2.09. The normalized spacial score (nSPS) is 11.3. The summed E-state index contributed by atoms with van der Waals surface area (Å²) in [7, 11) is -3.37. The van der Waals surface area contributed by atoms with Crippen molar-refractivity contribution in [2.24, 2.45) is 0 Å². The van der Waals surface area contributed by atoms with Gasteiger partial charge in [0, 0.05) is 16.9 Å². The van der Waals surface area contributed by atoms with Crippen LogP contribution in [0.2, 0.25) is 0 Å². The molecule has 0 aliphatic carbocycles. The van der Waals surface area contributed by atoms with Crippen LogP contribution in [0, 0.1) is 0 Å². The Morgan fingerprint density at radius 3 is 2.22 bits per heavy atom. The number of benzene rings is 2. The summed E-state index contributed by atoms with van der Waals surface area (Å²) >= 11 is 0. The Bertz CT molecular complexity index is 797. The van der Waals surface area contributed by atoms with Gasteiger partial charge in [0.05, 0.1) is 6.26 Å². The van der Waals surface area contributed by atoms with Crippen molar-refractivity contribution in [3.8, 4) is 0 Å². The summed E-state index contributed by atoms with van der Waals surface area (Å²) in [6, 6.07) is 14.0. The Morgan fingerprint density at radius 2 is 1.65 bits per heavy atom. The molecule has 0 heterocycles. The van der Waals surface area contributed by atoms with Crippen LogP contribution in [0.3, 0.4) is 0 Å². The number of carbonyl (C=O) groups excluding carboxylic acids is 1. The molecule has 5 nitrogen and oxygen atoms in total. The SMILES string of the molecule is CC(C)c1ccc(NC(=O)c2cccc(NS(C)(=O)=O)c2)cc1. The number of hydrogen-bond donors (Lipinski definition) is 2. The average molecular weight is 332 g/mol. The highest BCUT2D eigenvalue weighted by molar-refractivity contribution is 7.92. The van der Waals surface area contributed by atoms with Crippen molar-refractivity contribution in [3.63, 3.8) is 0 Å². The molecule has 0 spiro atoms. The Hall–Kier alpha value is -2.34. The van der Waals surface area contributed by atoms with Gasteiger partial charge in [-0.2, -0.15) is 0 Å². The Balaban J connectivity index is 2.13. The van der Waals surface area contributed by atoms with Crippen molar-refractivity contribution in [1.29, 1.82) is 0 Å². The lowest BCUT2D eigenvalue weighted by molar-refractivity contribution is 0.102. The lowest BCUT2D eigenvalue weighted by atomic mass is 10.0. The van der Waals surface area contributed by atoms with Crippen LogP contribution in [0.4, 0.5) is 11.4 Å². The van der Waals surface area contributed by atoms with Crippen molar-refractivity contribution in [2.45, 2.75) is 19.8 Å². The molecule has 0 saturated carbocycles. The highest BCUT2D eigenvalue weighted by Crippen LogP contribution is 2.18. The molecule has 0 aliphatic heterocycles. The van der Waals surface area contributed by atoms with Crippen molar-refractivity contribution in [1.82, 2.24) is 0 Å². The van der Waals surface area contributed by atoms with Crippen molar-refractivity contribution in [2.75, 3.05) is 16.3 Å². The second-order valence-electron chi connectivity index (χ2n) is 5.69. The molecule has 0 unspecified atom stereocenters. The van der Waals surface area contributed by atoms with Crippen LogP contribution in [-0.4, -0.2) is 20.6 Å². The van der Waals surface area contributed by atoms with E-state index in [-0.39, 0.29) is 5.91 Å². The van der Waals surface area contributed by atoms with Crippen LogP contribution in [0.25, 0.3) is 0 Å². The first-order chi connectivity index (χ1) is 10.7. The predicted molar refractivity (Wildman–Crippen MR) is 93.4 cm³/mol. The maximum Gasteiger partial charge on any atom is 0.255 e. The van der Waals surface area contributed by atoms with Gasteiger partial charge in [0.25, 0.3) is 5.91 Å². The zero-order chi connectivity index (χ0) is 17.0. The molecule has 0 bridgehead atoms. The van der Waals surface area contributed by atoms with Crippen molar-refractivity contribution < 1.29 is 13.2 Å². The lowest BCUT2D eigenvalue weighted by Crippen LogP contribution is -2.14. The minimum absolute atomic E-state index is 0.292. The second kappa shape index (κ2) is 6.83. The number of sulfonamides is 1. The Kier molecular flexibility index (Phi) is 5.05. The number of rotatable bonds is 5. The number of hydrogen-bond acceptors (Lipinski definition) is 3. The van der Waals surface area contributed by atoms with Gasteiger partial charge in [-0.25, -0.2) is 8.42 Å². The van der Waals surface area contributed by atoms with E-state index >= 15 is 0 Å². The van der Waals surface area contributed by atoms with E-state index in [9.17, 15) is 13.2 Å². The van der Waals surface area contributed by atoms with Gasteiger partial charge in [0.2, 0.25) is 10.0 Å². The minimum Gasteiger partial charge on any atom is -0.322 e. The van der Waals surface area contributed by atoms with E-state index in [0.717, 1.165) is 6.26 Å². The number of amides is 1. The molecule has 2 rings (SSSR count). The average Bonchev–Trinajstić information content (AvgIpc) is 2.46. The molecule has 0 atom stereocenters. The minimum atomic E-state index is -3.37. The van der Waals surface area contributed by atoms with Crippen molar-refractivity contribution in [3.05, 3.63) is 59.7 Å². The first kappa shape index (κ1) is 17.0. The summed E-state index contributed by atoms with van der Waals surface area (Å²) in [6.45, 7) is 4.21. The summed E-state index contributed by atoms with van der Waals surface area (Å²) < 4.78 is 24.8. The van der Waals surface area contributed by atoms with Crippen LogP contribution >= 0.6 is 0 Å². The smallest absolute Gasteiger partial charge is 0.255 e. The summed E-state index contributed by atoms with van der Waals surface area (Å²) in [6.07, 6.45) is 1.07. The van der Waals surface area contributed by atoms with E-state index in [1.54, 1.807) is 18.2 Å². The van der Waals surface area contributed by atoms with Gasteiger partial charge in [-0.1, -0.05) is 32.0 Å². The first-order valence-corrected chi connectivity index (χ1v) is 9.13. The topological polar surface area (TPSA) is 75.3 Å². The number of carbonyl (C=O) groups is 1. The molecule has 6 heteroatoms. The molecular weight excluding hydrogens is 312 g/mol. The summed E-state index contributed by atoms with van der Waals surface area (Å²) in [5, 5.41) is 2.80. The molecule has 23 heavy (non-hydrogen) atoms. The fourth-order valence-corrected chi connectivity index (χ4v) is 2.65. The zero-order valence-corrected chi connectivity index (χ0v) is 14.1. The van der Waals surface area contributed by atoms with Gasteiger partial charge in [-0.15, -0.1) is 0 Å². The van der Waals surface area contributed by atoms with Crippen LogP contribution in [0.15, 0.2) is 48.5 Å². The summed E-state index contributed by atoms with van der Waals surface area (Å²) in [5.41, 5.74) is 2.63. The van der Waals surface area contributed by atoms with Crippen LogP contribution in [-0.2, 0) is 10.0 Å². The van der Waals surface area contributed by atoms with Crippen LogP contribution in [0.1, 0.15) is 35.7 Å². The molecular formula is C17H20N2O3S. The summed E-state index contributed by atoms with van der Waals surface area (Å²) in [4.78, 5) is 12.3.